The number of nitrogens with two attached hydrogens (primary N) is 1. The van der Waals surface area contributed by atoms with Gasteiger partial charge in [-0.15, -0.1) is 0 Å². The molecule has 40 heavy (non-hydrogen) atoms. The number of benzene rings is 3. The largest absolute Gasteiger partial charge is 0.368 e. The standard InChI is InChI=1S/C28H26N8O2.C2H6/c1-30-28-31-15-14-22(35-28)26-32-21-13-12-18(16-23(21)33-26)27(38)34-24(25(29)37)17-36(19-8-4-2-5-9-19)20-10-6-3-7-11-20;1-2/h2-16,24H,17H2,1H3,(H2,29,37)(H,32,33)(H,34,38)(H,30,31,35);1-2H3/t24-;/m0./s1. The van der Waals surface area contributed by atoms with E-state index in [0.717, 1.165) is 11.4 Å². The van der Waals surface area contributed by atoms with E-state index in [-0.39, 0.29) is 6.54 Å². The molecule has 0 radical (unpaired) electrons. The number of rotatable bonds is 9. The number of aromatic nitrogens is 4. The molecule has 1 atom stereocenters. The average Bonchev–Trinajstić information content (AvgIpc) is 3.44. The second-order valence-electron chi connectivity index (χ2n) is 8.54. The molecule has 0 saturated carbocycles. The molecule has 2 heterocycles. The molecule has 5 rings (SSSR count). The highest BCUT2D eigenvalue weighted by Gasteiger charge is 2.24. The lowest BCUT2D eigenvalue weighted by molar-refractivity contribution is -0.119. The van der Waals surface area contributed by atoms with Crippen LogP contribution in [0.15, 0.2) is 91.1 Å². The molecule has 10 nitrogen and oxygen atoms in total. The number of nitrogens with one attached hydrogen (secondary N) is 3. The molecule has 204 valence electrons. The fourth-order valence-corrected chi connectivity index (χ4v) is 4.09. The molecule has 0 unspecified atom stereocenters. The summed E-state index contributed by atoms with van der Waals surface area (Å²) in [5, 5.41) is 5.70. The quantitative estimate of drug-likeness (QED) is 0.217. The lowest BCUT2D eigenvalue weighted by Gasteiger charge is -2.29. The maximum absolute atomic E-state index is 13.2. The van der Waals surface area contributed by atoms with E-state index < -0.39 is 17.9 Å². The van der Waals surface area contributed by atoms with E-state index in [1.165, 1.54) is 0 Å². The van der Waals surface area contributed by atoms with E-state index in [1.54, 1.807) is 37.5 Å². The maximum atomic E-state index is 13.2. The van der Waals surface area contributed by atoms with Gasteiger partial charge in [-0.1, -0.05) is 50.2 Å². The Balaban J connectivity index is 0.00000181. The van der Waals surface area contributed by atoms with Crippen molar-refractivity contribution in [3.05, 3.63) is 96.7 Å². The summed E-state index contributed by atoms with van der Waals surface area (Å²) in [5.41, 5.74) is 9.79. The van der Waals surface area contributed by atoms with Gasteiger partial charge in [0.05, 0.1) is 17.6 Å². The lowest BCUT2D eigenvalue weighted by Crippen LogP contribution is -2.50. The number of imidazole rings is 1. The van der Waals surface area contributed by atoms with Crippen LogP contribution in [-0.4, -0.2) is 51.4 Å². The van der Waals surface area contributed by atoms with Crippen LogP contribution in [0.3, 0.4) is 0 Å². The molecule has 2 aromatic heterocycles. The Morgan fingerprint density at radius 1 is 0.925 bits per heavy atom. The number of primary amides is 1. The highest BCUT2D eigenvalue weighted by molar-refractivity contribution is 6.00. The van der Waals surface area contributed by atoms with E-state index in [2.05, 4.69) is 30.6 Å². The van der Waals surface area contributed by atoms with Gasteiger partial charge >= 0.3 is 0 Å². The van der Waals surface area contributed by atoms with Crippen molar-refractivity contribution >= 4 is 40.2 Å². The first-order valence-corrected chi connectivity index (χ1v) is 13.0. The second-order valence-corrected chi connectivity index (χ2v) is 8.54. The maximum Gasteiger partial charge on any atom is 0.252 e. The Morgan fingerprint density at radius 2 is 1.57 bits per heavy atom. The summed E-state index contributed by atoms with van der Waals surface area (Å²) in [6, 6.07) is 25.1. The monoisotopic (exact) mass is 536 g/mol. The zero-order chi connectivity index (χ0) is 28.5. The summed E-state index contributed by atoms with van der Waals surface area (Å²) in [6.07, 6.45) is 1.64. The van der Waals surface area contributed by atoms with Crippen LogP contribution < -0.4 is 21.3 Å². The Bertz CT molecular complexity index is 1530. The number of hydrogen-bond donors (Lipinski definition) is 4. The number of fused-ring (bicyclic) bond motifs is 1. The molecule has 0 aliphatic heterocycles. The van der Waals surface area contributed by atoms with Crippen molar-refractivity contribution in [1.82, 2.24) is 25.3 Å². The third-order valence-electron chi connectivity index (χ3n) is 6.02. The van der Waals surface area contributed by atoms with E-state index in [0.29, 0.717) is 34.1 Å². The number of hydrogen-bond acceptors (Lipinski definition) is 7. The van der Waals surface area contributed by atoms with Crippen LogP contribution in [0.1, 0.15) is 24.2 Å². The Kier molecular flexibility index (Phi) is 9.03. The van der Waals surface area contributed by atoms with Gasteiger partial charge < -0.3 is 26.3 Å². The highest BCUT2D eigenvalue weighted by Crippen LogP contribution is 2.25. The number of anilines is 3. The normalized spacial score (nSPS) is 11.2. The number of H-pyrrole nitrogens is 1. The smallest absolute Gasteiger partial charge is 0.252 e. The molecule has 0 saturated heterocycles. The molecule has 5 N–H and O–H groups in total. The van der Waals surface area contributed by atoms with E-state index in [4.69, 9.17) is 5.73 Å². The summed E-state index contributed by atoms with van der Waals surface area (Å²) in [6.45, 7) is 4.16. The minimum absolute atomic E-state index is 0.160. The van der Waals surface area contributed by atoms with E-state index >= 15 is 0 Å². The highest BCUT2D eigenvalue weighted by atomic mass is 16.2. The van der Waals surface area contributed by atoms with E-state index in [1.807, 2.05) is 79.4 Å². The Morgan fingerprint density at radius 3 is 2.17 bits per heavy atom. The van der Waals surface area contributed by atoms with Crippen molar-refractivity contribution in [2.75, 3.05) is 23.8 Å². The predicted molar refractivity (Wildman–Crippen MR) is 158 cm³/mol. The molecule has 5 aromatic rings. The van der Waals surface area contributed by atoms with Gasteiger partial charge in [0, 0.05) is 30.2 Å². The summed E-state index contributed by atoms with van der Waals surface area (Å²) in [5.74, 6) is -0.0370. The van der Waals surface area contributed by atoms with Crippen molar-refractivity contribution in [1.29, 1.82) is 0 Å². The lowest BCUT2D eigenvalue weighted by atomic mass is 10.1. The van der Waals surface area contributed by atoms with Crippen molar-refractivity contribution < 1.29 is 9.59 Å². The predicted octanol–water partition coefficient (Wildman–Crippen LogP) is 4.51. The second kappa shape index (κ2) is 13.0. The number of para-hydroxylation sites is 2. The van der Waals surface area contributed by atoms with Crippen LogP contribution in [0.2, 0.25) is 0 Å². The average molecular weight is 537 g/mol. The van der Waals surface area contributed by atoms with Crippen molar-refractivity contribution in [2.45, 2.75) is 19.9 Å². The van der Waals surface area contributed by atoms with Crippen LogP contribution in [0.25, 0.3) is 22.6 Å². The molecule has 0 bridgehead atoms. The molecular formula is C30H32N8O2. The van der Waals surface area contributed by atoms with Crippen molar-refractivity contribution in [3.63, 3.8) is 0 Å². The molecule has 2 amide bonds. The van der Waals surface area contributed by atoms with Gasteiger partial charge in [-0.25, -0.2) is 15.0 Å². The minimum Gasteiger partial charge on any atom is -0.368 e. The van der Waals surface area contributed by atoms with Gasteiger partial charge in [0.2, 0.25) is 11.9 Å². The fraction of sp³-hybridized carbons (Fsp3) is 0.167. The van der Waals surface area contributed by atoms with Crippen molar-refractivity contribution in [2.24, 2.45) is 5.73 Å². The number of carbonyl (C=O) groups excluding carboxylic acids is 2. The molecule has 10 heteroatoms. The first kappa shape index (κ1) is 27.8. The van der Waals surface area contributed by atoms with Crippen LogP contribution in [0.5, 0.6) is 0 Å². The van der Waals surface area contributed by atoms with Gasteiger partial charge in [-0.2, -0.15) is 0 Å². The first-order valence-electron chi connectivity index (χ1n) is 13.0. The van der Waals surface area contributed by atoms with Gasteiger partial charge in [-0.3, -0.25) is 9.59 Å². The summed E-state index contributed by atoms with van der Waals surface area (Å²) in [7, 11) is 1.74. The number of carbonyl (C=O) groups is 2. The van der Waals surface area contributed by atoms with E-state index in [9.17, 15) is 9.59 Å². The zero-order valence-corrected chi connectivity index (χ0v) is 22.6. The van der Waals surface area contributed by atoms with Crippen molar-refractivity contribution in [3.8, 4) is 11.5 Å². The van der Waals surface area contributed by atoms with Crippen LogP contribution >= 0.6 is 0 Å². The molecule has 0 aliphatic carbocycles. The Labute approximate surface area is 232 Å². The van der Waals surface area contributed by atoms with Gasteiger partial charge in [0.1, 0.15) is 11.7 Å². The van der Waals surface area contributed by atoms with Crippen LogP contribution in [-0.2, 0) is 4.79 Å². The van der Waals surface area contributed by atoms with Gasteiger partial charge in [-0.05, 0) is 48.5 Å². The van der Waals surface area contributed by atoms with Crippen LogP contribution in [0, 0.1) is 0 Å². The minimum atomic E-state index is -0.947. The summed E-state index contributed by atoms with van der Waals surface area (Å²) >= 11 is 0. The first-order chi connectivity index (χ1) is 19.5. The van der Waals surface area contributed by atoms with Gasteiger partial charge in [0.15, 0.2) is 5.82 Å². The topological polar surface area (TPSA) is 142 Å². The number of aromatic amines is 1. The molecule has 3 aromatic carbocycles. The fourth-order valence-electron chi connectivity index (χ4n) is 4.09. The zero-order valence-electron chi connectivity index (χ0n) is 22.6. The third-order valence-corrected chi connectivity index (χ3v) is 6.02. The summed E-state index contributed by atoms with van der Waals surface area (Å²) < 4.78 is 0. The SMILES string of the molecule is CC.CNc1nccc(-c2nc3ccc(C(=O)N[C@@H](CN(c4ccccc4)c4ccccc4)C(N)=O)cc3[nH]2)n1. The third kappa shape index (κ3) is 6.41. The Hall–Kier alpha value is -5.25. The number of amides is 2. The van der Waals surface area contributed by atoms with Gasteiger partial charge in [0.25, 0.3) is 5.91 Å². The molecule has 0 fully saturated rings. The van der Waals surface area contributed by atoms with Crippen LogP contribution in [0.4, 0.5) is 17.3 Å². The number of nitrogens with zero attached hydrogens (tertiary/aromatic N) is 4. The molecular weight excluding hydrogens is 504 g/mol. The molecule has 0 spiro atoms. The molecule has 0 aliphatic rings. The summed E-state index contributed by atoms with van der Waals surface area (Å²) in [4.78, 5) is 43.9.